The number of ether oxygens (including phenoxy) is 1. The van der Waals surface area contributed by atoms with Crippen molar-refractivity contribution in [2.45, 2.75) is 19.8 Å². The van der Waals surface area contributed by atoms with E-state index in [1.54, 1.807) is 37.2 Å². The van der Waals surface area contributed by atoms with Crippen molar-refractivity contribution in [3.8, 4) is 5.69 Å². The van der Waals surface area contributed by atoms with Gasteiger partial charge in [-0.3, -0.25) is 14.4 Å². The van der Waals surface area contributed by atoms with Crippen molar-refractivity contribution in [2.75, 3.05) is 33.3 Å². The summed E-state index contributed by atoms with van der Waals surface area (Å²) in [6, 6.07) is 7.19. The zero-order valence-corrected chi connectivity index (χ0v) is 17.8. The summed E-state index contributed by atoms with van der Waals surface area (Å²) in [5, 5.41) is 4.72. The highest BCUT2D eigenvalue weighted by molar-refractivity contribution is 6.32. The van der Waals surface area contributed by atoms with Gasteiger partial charge in [0.2, 0.25) is 5.91 Å². The van der Waals surface area contributed by atoms with Crippen LogP contribution in [-0.2, 0) is 14.3 Å². The van der Waals surface area contributed by atoms with E-state index < -0.39 is 0 Å². The normalized spacial score (nSPS) is 16.2. The van der Waals surface area contributed by atoms with Crippen molar-refractivity contribution >= 4 is 29.4 Å². The number of amides is 2. The third kappa shape index (κ3) is 4.99. The number of piperidine rings is 1. The van der Waals surface area contributed by atoms with Gasteiger partial charge in [-0.05, 0) is 31.9 Å². The van der Waals surface area contributed by atoms with Gasteiger partial charge in [-0.15, -0.1) is 0 Å². The van der Waals surface area contributed by atoms with E-state index in [0.717, 1.165) is 6.42 Å². The van der Waals surface area contributed by atoms with Gasteiger partial charge in [-0.25, -0.2) is 4.68 Å². The smallest absolute Gasteiger partial charge is 0.310 e. The number of esters is 1. The number of hydrogen-bond donors (Lipinski definition) is 0. The molecule has 160 valence electrons. The fraction of sp³-hybridized carbons (Fsp3) is 0.429. The Labute approximate surface area is 180 Å². The van der Waals surface area contributed by atoms with Crippen LogP contribution in [0.1, 0.15) is 30.1 Å². The average Bonchev–Trinajstić information content (AvgIpc) is 3.23. The number of carbonyl (C=O) groups is 3. The number of nitrogens with zero attached hydrogens (tertiary/aromatic N) is 4. The predicted molar refractivity (Wildman–Crippen MR) is 111 cm³/mol. The number of likely N-dealkylation sites (tertiary alicyclic amines) is 1. The first-order valence-electron chi connectivity index (χ1n) is 9.90. The van der Waals surface area contributed by atoms with Gasteiger partial charge < -0.3 is 14.5 Å². The van der Waals surface area contributed by atoms with Crippen LogP contribution in [0, 0.1) is 5.92 Å². The summed E-state index contributed by atoms with van der Waals surface area (Å²) < 4.78 is 6.60. The number of aromatic nitrogens is 2. The Hall–Kier alpha value is -2.87. The molecule has 1 fully saturated rings. The molecule has 0 aliphatic carbocycles. The number of carbonyl (C=O) groups excluding carboxylic acids is 3. The highest BCUT2D eigenvalue weighted by Gasteiger charge is 2.30. The summed E-state index contributed by atoms with van der Waals surface area (Å²) in [5.74, 6) is -1.09. The van der Waals surface area contributed by atoms with Crippen molar-refractivity contribution < 1.29 is 19.1 Å². The SMILES string of the molecule is CCOC(=O)C1CCCN(C(=O)CN(C)C(=O)c2cnn(-c3ccccc3Cl)c2)C1. The van der Waals surface area contributed by atoms with E-state index >= 15 is 0 Å². The highest BCUT2D eigenvalue weighted by Crippen LogP contribution is 2.20. The number of para-hydroxylation sites is 1. The first kappa shape index (κ1) is 21.8. The molecule has 2 aromatic rings. The molecule has 0 spiro atoms. The average molecular weight is 433 g/mol. The van der Waals surface area contributed by atoms with Crippen LogP contribution >= 0.6 is 11.6 Å². The first-order chi connectivity index (χ1) is 14.4. The zero-order chi connectivity index (χ0) is 21.7. The highest BCUT2D eigenvalue weighted by atomic mass is 35.5. The molecule has 30 heavy (non-hydrogen) atoms. The number of benzene rings is 1. The molecular formula is C21H25ClN4O4. The Bertz CT molecular complexity index is 929. The quantitative estimate of drug-likeness (QED) is 0.654. The second-order valence-corrected chi connectivity index (χ2v) is 7.62. The van der Waals surface area contributed by atoms with Gasteiger partial charge in [-0.1, -0.05) is 23.7 Å². The molecular weight excluding hydrogens is 408 g/mol. The van der Waals surface area contributed by atoms with E-state index in [1.165, 1.54) is 15.8 Å². The molecule has 0 radical (unpaired) electrons. The maximum absolute atomic E-state index is 12.7. The minimum atomic E-state index is -0.319. The summed E-state index contributed by atoms with van der Waals surface area (Å²) in [4.78, 5) is 40.4. The maximum atomic E-state index is 12.7. The molecule has 1 atom stereocenters. The minimum absolute atomic E-state index is 0.0777. The third-order valence-electron chi connectivity index (χ3n) is 5.04. The third-order valence-corrected chi connectivity index (χ3v) is 5.36. The molecule has 1 aliphatic rings. The molecule has 1 aromatic heterocycles. The fourth-order valence-corrected chi connectivity index (χ4v) is 3.68. The van der Waals surface area contributed by atoms with Crippen molar-refractivity contribution in [3.05, 3.63) is 47.2 Å². The molecule has 0 saturated carbocycles. The second-order valence-electron chi connectivity index (χ2n) is 7.22. The van der Waals surface area contributed by atoms with Crippen LogP contribution in [-0.4, -0.2) is 70.7 Å². The van der Waals surface area contributed by atoms with Crippen LogP contribution < -0.4 is 0 Å². The molecule has 0 bridgehead atoms. The van der Waals surface area contributed by atoms with E-state index in [0.29, 0.717) is 42.4 Å². The van der Waals surface area contributed by atoms with Gasteiger partial charge in [-0.2, -0.15) is 5.10 Å². The van der Waals surface area contributed by atoms with E-state index in [1.807, 2.05) is 12.1 Å². The standard InChI is InChI=1S/C21H25ClN4O4/c1-3-30-21(29)15-7-6-10-25(12-15)19(27)14-24(2)20(28)16-11-23-26(13-16)18-9-5-4-8-17(18)22/h4-5,8-9,11,13,15H,3,6-7,10,12,14H2,1-2H3. The first-order valence-corrected chi connectivity index (χ1v) is 10.3. The summed E-state index contributed by atoms with van der Waals surface area (Å²) in [5.41, 5.74) is 1.02. The van der Waals surface area contributed by atoms with E-state index in [-0.39, 0.29) is 30.2 Å². The summed E-state index contributed by atoms with van der Waals surface area (Å²) in [7, 11) is 1.57. The molecule has 2 amide bonds. The lowest BCUT2D eigenvalue weighted by Crippen LogP contribution is -2.47. The molecule has 8 nitrogen and oxygen atoms in total. The summed E-state index contributed by atoms with van der Waals surface area (Å²) >= 11 is 6.18. The Balaban J connectivity index is 1.61. The lowest BCUT2D eigenvalue weighted by molar-refractivity contribution is -0.151. The van der Waals surface area contributed by atoms with Crippen LogP contribution in [0.25, 0.3) is 5.69 Å². The molecule has 0 N–H and O–H groups in total. The number of rotatable bonds is 6. The number of likely N-dealkylation sites (N-methyl/N-ethyl adjacent to an activating group) is 1. The zero-order valence-electron chi connectivity index (χ0n) is 17.1. The number of halogens is 1. The molecule has 1 aromatic carbocycles. The molecule has 9 heteroatoms. The van der Waals surface area contributed by atoms with Crippen LogP contribution in [0.3, 0.4) is 0 Å². The predicted octanol–water partition coefficient (Wildman–Crippen LogP) is 2.40. The van der Waals surface area contributed by atoms with Gasteiger partial charge in [0.25, 0.3) is 5.91 Å². The van der Waals surface area contributed by atoms with Crippen molar-refractivity contribution in [1.29, 1.82) is 0 Å². The second kappa shape index (κ2) is 9.75. The molecule has 1 aliphatic heterocycles. The lowest BCUT2D eigenvalue weighted by Gasteiger charge is -2.32. The van der Waals surface area contributed by atoms with Crippen LogP contribution in [0.5, 0.6) is 0 Å². The summed E-state index contributed by atoms with van der Waals surface area (Å²) in [6.07, 6.45) is 4.47. The van der Waals surface area contributed by atoms with Gasteiger partial charge in [0.1, 0.15) is 0 Å². The minimum Gasteiger partial charge on any atom is -0.466 e. The van der Waals surface area contributed by atoms with E-state index in [9.17, 15) is 14.4 Å². The Kier molecular flexibility index (Phi) is 7.10. The van der Waals surface area contributed by atoms with Crippen LogP contribution in [0.15, 0.2) is 36.7 Å². The van der Waals surface area contributed by atoms with Gasteiger partial charge >= 0.3 is 5.97 Å². The fourth-order valence-electron chi connectivity index (χ4n) is 3.45. The van der Waals surface area contributed by atoms with Gasteiger partial charge in [0.05, 0.1) is 41.5 Å². The Morgan fingerprint density at radius 1 is 1.30 bits per heavy atom. The van der Waals surface area contributed by atoms with E-state index in [4.69, 9.17) is 16.3 Å². The summed E-state index contributed by atoms with van der Waals surface area (Å²) in [6.45, 7) is 2.90. The van der Waals surface area contributed by atoms with Crippen molar-refractivity contribution in [3.63, 3.8) is 0 Å². The molecule has 2 heterocycles. The lowest BCUT2D eigenvalue weighted by atomic mass is 9.98. The largest absolute Gasteiger partial charge is 0.466 e. The van der Waals surface area contributed by atoms with Gasteiger partial charge in [0, 0.05) is 26.3 Å². The maximum Gasteiger partial charge on any atom is 0.310 e. The topological polar surface area (TPSA) is 84.7 Å². The van der Waals surface area contributed by atoms with Crippen molar-refractivity contribution in [1.82, 2.24) is 19.6 Å². The van der Waals surface area contributed by atoms with Crippen LogP contribution in [0.4, 0.5) is 0 Å². The van der Waals surface area contributed by atoms with Crippen LogP contribution in [0.2, 0.25) is 5.02 Å². The monoisotopic (exact) mass is 432 g/mol. The molecule has 1 unspecified atom stereocenters. The Morgan fingerprint density at radius 3 is 2.80 bits per heavy atom. The Morgan fingerprint density at radius 2 is 2.07 bits per heavy atom. The molecule has 1 saturated heterocycles. The van der Waals surface area contributed by atoms with E-state index in [2.05, 4.69) is 5.10 Å². The molecule has 3 rings (SSSR count). The van der Waals surface area contributed by atoms with Crippen molar-refractivity contribution in [2.24, 2.45) is 5.92 Å². The number of hydrogen-bond acceptors (Lipinski definition) is 5. The van der Waals surface area contributed by atoms with Gasteiger partial charge in [0.15, 0.2) is 0 Å².